The normalized spacial score (nSPS) is 11.6. The lowest BCUT2D eigenvalue weighted by Crippen LogP contribution is -2.19. The minimum atomic E-state index is -3.78. The third-order valence-electron chi connectivity index (χ3n) is 2.52. The summed E-state index contributed by atoms with van der Waals surface area (Å²) in [4.78, 5) is 13.6. The second-order valence-corrected chi connectivity index (χ2v) is 7.08. The summed E-state index contributed by atoms with van der Waals surface area (Å²) in [6.07, 6.45) is 0. The van der Waals surface area contributed by atoms with Gasteiger partial charge in [-0.25, -0.2) is 13.2 Å². The molecule has 0 spiro atoms. The molecule has 6 nitrogen and oxygen atoms in total. The van der Waals surface area contributed by atoms with E-state index < -0.39 is 15.0 Å². The summed E-state index contributed by atoms with van der Waals surface area (Å²) in [6, 6.07) is 5.22. The number of esters is 1. The van der Waals surface area contributed by atoms with Gasteiger partial charge in [-0.05, 0) is 38.4 Å². The number of likely N-dealkylation sites (N-methyl/N-ethyl adjacent to an activating group) is 1. The second-order valence-electron chi connectivity index (χ2n) is 4.51. The molecule has 0 aromatic heterocycles. The van der Waals surface area contributed by atoms with Gasteiger partial charge >= 0.3 is 5.97 Å². The molecule has 0 aliphatic heterocycles. The number of halogens is 1. The Morgan fingerprint density at radius 3 is 2.29 bits per heavy atom. The second kappa shape index (κ2) is 8.33. The first-order chi connectivity index (χ1) is 9.80. The third-order valence-corrected chi connectivity index (χ3v) is 3.88. The molecule has 0 radical (unpaired) electrons. The van der Waals surface area contributed by atoms with Crippen molar-refractivity contribution in [2.45, 2.75) is 4.90 Å². The van der Waals surface area contributed by atoms with E-state index in [-0.39, 0.29) is 17.1 Å². The van der Waals surface area contributed by atoms with Crippen LogP contribution in [0.1, 0.15) is 10.4 Å². The summed E-state index contributed by atoms with van der Waals surface area (Å²) in [5.74, 6) is -0.537. The lowest BCUT2D eigenvalue weighted by Gasteiger charge is -2.10. The Labute approximate surface area is 129 Å². The van der Waals surface area contributed by atoms with Crippen molar-refractivity contribution in [3.63, 3.8) is 0 Å². The first kappa shape index (κ1) is 17.9. The highest BCUT2D eigenvalue weighted by Gasteiger charge is 2.12. The van der Waals surface area contributed by atoms with Crippen molar-refractivity contribution in [2.24, 2.45) is 0 Å². The van der Waals surface area contributed by atoms with Gasteiger partial charge in [0.2, 0.25) is 0 Å². The zero-order chi connectivity index (χ0) is 15.9. The van der Waals surface area contributed by atoms with E-state index in [1.54, 1.807) is 0 Å². The zero-order valence-corrected chi connectivity index (χ0v) is 13.5. The molecule has 0 unspecified atom stereocenters. The van der Waals surface area contributed by atoms with Gasteiger partial charge in [-0.1, -0.05) is 0 Å². The van der Waals surface area contributed by atoms with Crippen molar-refractivity contribution < 1.29 is 22.7 Å². The maximum Gasteiger partial charge on any atom is 0.338 e. The number of carbonyl (C=O) groups is 1. The standard InChI is InChI=1S/C13H18ClNO5S/c1-15(2)7-8-19-9-10-20-13(16)11-3-5-12(6-4-11)21(14,17)18/h3-6H,7-10H2,1-2H3. The Balaban J connectivity index is 2.36. The van der Waals surface area contributed by atoms with Crippen LogP contribution < -0.4 is 0 Å². The van der Waals surface area contributed by atoms with Crippen molar-refractivity contribution >= 4 is 25.7 Å². The van der Waals surface area contributed by atoms with E-state index >= 15 is 0 Å². The van der Waals surface area contributed by atoms with Crippen molar-refractivity contribution in [3.8, 4) is 0 Å². The van der Waals surface area contributed by atoms with E-state index in [9.17, 15) is 13.2 Å². The number of nitrogens with zero attached hydrogens (tertiary/aromatic N) is 1. The number of ether oxygens (including phenoxy) is 2. The number of benzene rings is 1. The average Bonchev–Trinajstić information content (AvgIpc) is 2.41. The highest BCUT2D eigenvalue weighted by Crippen LogP contribution is 2.15. The SMILES string of the molecule is CN(C)CCOCCOC(=O)c1ccc(S(=O)(=O)Cl)cc1. The topological polar surface area (TPSA) is 72.9 Å². The van der Waals surface area contributed by atoms with Crippen molar-refractivity contribution in [1.29, 1.82) is 0 Å². The quantitative estimate of drug-likeness (QED) is 0.405. The number of hydrogen-bond acceptors (Lipinski definition) is 6. The molecule has 0 heterocycles. The molecule has 118 valence electrons. The lowest BCUT2D eigenvalue weighted by atomic mass is 10.2. The molecule has 0 amide bonds. The minimum Gasteiger partial charge on any atom is -0.460 e. The van der Waals surface area contributed by atoms with E-state index in [0.717, 1.165) is 6.54 Å². The lowest BCUT2D eigenvalue weighted by molar-refractivity contribution is 0.0299. The first-order valence-corrected chi connectivity index (χ1v) is 8.56. The fourth-order valence-corrected chi connectivity index (χ4v) is 2.15. The molecular formula is C13H18ClNO5S. The fourth-order valence-electron chi connectivity index (χ4n) is 1.38. The van der Waals surface area contributed by atoms with Crippen LogP contribution in [0.5, 0.6) is 0 Å². The molecule has 1 aromatic carbocycles. The Hall–Kier alpha value is -1.15. The van der Waals surface area contributed by atoms with Gasteiger partial charge < -0.3 is 14.4 Å². The average molecular weight is 336 g/mol. The summed E-state index contributed by atoms with van der Waals surface area (Å²) in [5.41, 5.74) is 0.257. The summed E-state index contributed by atoms with van der Waals surface area (Å²) < 4.78 is 32.4. The van der Waals surface area contributed by atoms with Crippen LogP contribution in [-0.2, 0) is 18.5 Å². The van der Waals surface area contributed by atoms with Crippen LogP contribution in [0.25, 0.3) is 0 Å². The van der Waals surface area contributed by atoms with Gasteiger partial charge in [-0.2, -0.15) is 0 Å². The molecule has 8 heteroatoms. The monoisotopic (exact) mass is 335 g/mol. The highest BCUT2D eigenvalue weighted by atomic mass is 35.7. The first-order valence-electron chi connectivity index (χ1n) is 6.25. The summed E-state index contributed by atoms with van der Waals surface area (Å²) in [7, 11) is 5.27. The van der Waals surface area contributed by atoms with Gasteiger partial charge in [0.15, 0.2) is 0 Å². The molecule has 0 saturated carbocycles. The van der Waals surface area contributed by atoms with E-state index in [1.807, 2.05) is 19.0 Å². The van der Waals surface area contributed by atoms with Crippen molar-refractivity contribution in [2.75, 3.05) is 40.5 Å². The van der Waals surface area contributed by atoms with Gasteiger partial charge in [-0.3, -0.25) is 0 Å². The van der Waals surface area contributed by atoms with Crippen LogP contribution in [0.4, 0.5) is 0 Å². The molecule has 0 N–H and O–H groups in total. The summed E-state index contributed by atoms with van der Waals surface area (Å²) >= 11 is 0. The van der Waals surface area contributed by atoms with Crippen LogP contribution in [0.2, 0.25) is 0 Å². The van der Waals surface area contributed by atoms with E-state index in [4.69, 9.17) is 20.2 Å². The molecule has 21 heavy (non-hydrogen) atoms. The van der Waals surface area contributed by atoms with E-state index in [2.05, 4.69) is 0 Å². The molecule has 1 rings (SSSR count). The third kappa shape index (κ3) is 6.90. The molecule has 0 atom stereocenters. The Morgan fingerprint density at radius 1 is 1.14 bits per heavy atom. The predicted molar refractivity (Wildman–Crippen MR) is 79.1 cm³/mol. The summed E-state index contributed by atoms with van der Waals surface area (Å²) in [6.45, 7) is 1.81. The van der Waals surface area contributed by atoms with Crippen LogP contribution in [-0.4, -0.2) is 59.7 Å². The van der Waals surface area contributed by atoms with Gasteiger partial charge in [-0.15, -0.1) is 0 Å². The zero-order valence-electron chi connectivity index (χ0n) is 11.9. The molecule has 0 aliphatic carbocycles. The maximum atomic E-state index is 11.7. The Kier molecular flexibility index (Phi) is 7.10. The molecule has 0 bridgehead atoms. The van der Waals surface area contributed by atoms with Gasteiger partial charge in [0, 0.05) is 17.2 Å². The smallest absolute Gasteiger partial charge is 0.338 e. The molecule has 0 aliphatic rings. The van der Waals surface area contributed by atoms with Crippen LogP contribution in [0, 0.1) is 0 Å². The van der Waals surface area contributed by atoms with Crippen molar-refractivity contribution in [3.05, 3.63) is 29.8 Å². The van der Waals surface area contributed by atoms with Gasteiger partial charge in [0.1, 0.15) is 6.61 Å². The number of carbonyl (C=O) groups excluding carboxylic acids is 1. The fraction of sp³-hybridized carbons (Fsp3) is 0.462. The van der Waals surface area contributed by atoms with E-state index in [0.29, 0.717) is 13.2 Å². The van der Waals surface area contributed by atoms with Gasteiger partial charge in [0.05, 0.1) is 23.7 Å². The Bertz CT molecular complexity index is 556. The number of rotatable bonds is 8. The molecule has 0 saturated heterocycles. The summed E-state index contributed by atoms with van der Waals surface area (Å²) in [5, 5.41) is 0. The van der Waals surface area contributed by atoms with E-state index in [1.165, 1.54) is 24.3 Å². The van der Waals surface area contributed by atoms with Gasteiger partial charge in [0.25, 0.3) is 9.05 Å². The predicted octanol–water partition coefficient (Wildman–Crippen LogP) is 1.35. The molecule has 0 fully saturated rings. The number of hydrogen-bond donors (Lipinski definition) is 0. The molecular weight excluding hydrogens is 318 g/mol. The maximum absolute atomic E-state index is 11.7. The van der Waals surface area contributed by atoms with Crippen LogP contribution in [0.3, 0.4) is 0 Å². The minimum absolute atomic E-state index is 0.0623. The Morgan fingerprint density at radius 2 is 1.76 bits per heavy atom. The largest absolute Gasteiger partial charge is 0.460 e. The van der Waals surface area contributed by atoms with Crippen LogP contribution >= 0.6 is 10.7 Å². The van der Waals surface area contributed by atoms with Crippen molar-refractivity contribution in [1.82, 2.24) is 4.90 Å². The van der Waals surface area contributed by atoms with Crippen LogP contribution in [0.15, 0.2) is 29.2 Å². The highest BCUT2D eigenvalue weighted by molar-refractivity contribution is 8.13. The molecule has 1 aromatic rings.